The lowest BCUT2D eigenvalue weighted by Gasteiger charge is -2.13. The van der Waals surface area contributed by atoms with Gasteiger partial charge >= 0.3 is 0 Å². The Kier molecular flexibility index (Phi) is 4.76. The Hall–Kier alpha value is -0.720. The number of rotatable bonds is 3. The number of nitrogens with two attached hydrogens (primary N) is 1. The molecule has 2 aromatic carbocycles. The summed E-state index contributed by atoms with van der Waals surface area (Å²) in [4.78, 5) is 0. The van der Waals surface area contributed by atoms with Crippen LogP contribution in [-0.4, -0.2) is 0 Å². The van der Waals surface area contributed by atoms with E-state index in [1.165, 1.54) is 12.1 Å². The molecule has 1 unspecified atom stereocenters. The highest BCUT2D eigenvalue weighted by Crippen LogP contribution is 2.25. The zero-order valence-corrected chi connectivity index (χ0v) is 12.8. The van der Waals surface area contributed by atoms with Crippen LogP contribution in [0.25, 0.3) is 0 Å². The molecule has 1 nitrogen and oxygen atoms in total. The summed E-state index contributed by atoms with van der Waals surface area (Å²) in [5.41, 5.74) is 7.08. The van der Waals surface area contributed by atoms with Crippen molar-refractivity contribution in [2.75, 3.05) is 0 Å². The van der Waals surface area contributed by atoms with E-state index in [0.717, 1.165) is 15.2 Å². The normalized spacial score (nSPS) is 12.5. The predicted octanol–water partition coefficient (Wildman–Crippen LogP) is 4.47. The molecule has 0 fully saturated rings. The first kappa shape index (κ1) is 14.7. The number of halogens is 4. The van der Waals surface area contributed by atoms with Gasteiger partial charge in [-0.2, -0.15) is 0 Å². The van der Waals surface area contributed by atoms with E-state index in [4.69, 9.17) is 17.3 Å². The van der Waals surface area contributed by atoms with Crippen LogP contribution < -0.4 is 5.73 Å². The van der Waals surface area contributed by atoms with E-state index >= 15 is 0 Å². The molecule has 0 spiro atoms. The summed E-state index contributed by atoms with van der Waals surface area (Å²) in [6.07, 6.45) is 0.223. The fourth-order valence-corrected chi connectivity index (χ4v) is 2.33. The average molecular weight is 394 g/mol. The molecule has 2 aromatic rings. The van der Waals surface area contributed by atoms with Gasteiger partial charge in [0, 0.05) is 9.61 Å². The third-order valence-corrected chi connectivity index (χ3v) is 4.42. The molecule has 2 rings (SSSR count). The monoisotopic (exact) mass is 393 g/mol. The van der Waals surface area contributed by atoms with Crippen molar-refractivity contribution in [3.63, 3.8) is 0 Å². The van der Waals surface area contributed by atoms with E-state index < -0.39 is 17.7 Å². The molecule has 0 bridgehead atoms. The molecule has 0 amide bonds. The van der Waals surface area contributed by atoms with Crippen molar-refractivity contribution in [1.82, 2.24) is 0 Å². The zero-order valence-electron chi connectivity index (χ0n) is 9.84. The molecule has 0 aliphatic rings. The van der Waals surface area contributed by atoms with Crippen molar-refractivity contribution in [1.29, 1.82) is 0 Å². The summed E-state index contributed by atoms with van der Waals surface area (Å²) >= 11 is 8.14. The molecule has 0 heterocycles. The van der Waals surface area contributed by atoms with Crippen molar-refractivity contribution in [2.45, 2.75) is 12.5 Å². The highest BCUT2D eigenvalue weighted by Gasteiger charge is 2.13. The number of benzene rings is 2. The fourth-order valence-electron chi connectivity index (χ4n) is 1.80. The molecule has 1 atom stereocenters. The highest BCUT2D eigenvalue weighted by molar-refractivity contribution is 14.1. The van der Waals surface area contributed by atoms with Gasteiger partial charge in [0.25, 0.3) is 0 Å². The highest BCUT2D eigenvalue weighted by atomic mass is 127. The van der Waals surface area contributed by atoms with Crippen LogP contribution in [0.5, 0.6) is 0 Å². The summed E-state index contributed by atoms with van der Waals surface area (Å²) in [6.45, 7) is 0. The predicted molar refractivity (Wildman–Crippen MR) is 81.2 cm³/mol. The molecule has 19 heavy (non-hydrogen) atoms. The standard InChI is InChI=1S/C14H11ClF2IN/c15-10-6-8(4-5-12(10)18)13(19)7-9-2-1-3-11(16)14(9)17/h1-6,13H,7,19H2. The molecule has 0 saturated heterocycles. The third-order valence-electron chi connectivity index (χ3n) is 2.84. The van der Waals surface area contributed by atoms with Gasteiger partial charge in [0.1, 0.15) is 0 Å². The van der Waals surface area contributed by atoms with Crippen LogP contribution in [0.2, 0.25) is 5.02 Å². The summed E-state index contributed by atoms with van der Waals surface area (Å²) in [7, 11) is 0. The van der Waals surface area contributed by atoms with Crippen molar-refractivity contribution < 1.29 is 8.78 Å². The van der Waals surface area contributed by atoms with Crippen LogP contribution >= 0.6 is 34.2 Å². The molecule has 100 valence electrons. The van der Waals surface area contributed by atoms with Crippen LogP contribution in [0.1, 0.15) is 17.2 Å². The van der Waals surface area contributed by atoms with Gasteiger partial charge in [-0.25, -0.2) is 8.78 Å². The summed E-state index contributed by atoms with van der Waals surface area (Å²) in [5, 5.41) is 0.605. The van der Waals surface area contributed by atoms with Crippen LogP contribution in [0, 0.1) is 15.2 Å². The molecule has 0 aromatic heterocycles. The second-order valence-corrected chi connectivity index (χ2v) is 5.77. The first-order valence-electron chi connectivity index (χ1n) is 5.62. The minimum atomic E-state index is -0.856. The molecule has 2 N–H and O–H groups in total. The average Bonchev–Trinajstić information content (AvgIpc) is 2.38. The third kappa shape index (κ3) is 3.43. The Labute approximate surface area is 128 Å². The summed E-state index contributed by atoms with van der Waals surface area (Å²) in [6, 6.07) is 9.12. The minimum absolute atomic E-state index is 0.223. The Balaban J connectivity index is 2.23. The van der Waals surface area contributed by atoms with Crippen molar-refractivity contribution in [2.24, 2.45) is 5.73 Å². The lowest BCUT2D eigenvalue weighted by Crippen LogP contribution is -2.14. The molecule has 0 aliphatic carbocycles. The van der Waals surface area contributed by atoms with Gasteiger partial charge in [0.2, 0.25) is 0 Å². The van der Waals surface area contributed by atoms with Crippen molar-refractivity contribution in [3.05, 3.63) is 67.8 Å². The smallest absolute Gasteiger partial charge is 0.162 e. The number of hydrogen-bond donors (Lipinski definition) is 1. The maximum atomic E-state index is 13.6. The molecule has 0 radical (unpaired) electrons. The SMILES string of the molecule is NC(Cc1cccc(F)c1F)c1ccc(I)c(Cl)c1. The van der Waals surface area contributed by atoms with Crippen LogP contribution in [-0.2, 0) is 6.42 Å². The minimum Gasteiger partial charge on any atom is -0.324 e. The van der Waals surface area contributed by atoms with Gasteiger partial charge in [-0.1, -0.05) is 29.8 Å². The van der Waals surface area contributed by atoms with Crippen LogP contribution in [0.15, 0.2) is 36.4 Å². The van der Waals surface area contributed by atoms with Gasteiger partial charge in [-0.3, -0.25) is 0 Å². The van der Waals surface area contributed by atoms with Crippen molar-refractivity contribution in [3.8, 4) is 0 Å². The van der Waals surface area contributed by atoms with Gasteiger partial charge < -0.3 is 5.73 Å². The van der Waals surface area contributed by atoms with E-state index in [2.05, 4.69) is 22.6 Å². The molecule has 0 saturated carbocycles. The maximum absolute atomic E-state index is 13.6. The molecular weight excluding hydrogens is 383 g/mol. The first-order chi connectivity index (χ1) is 8.99. The van der Waals surface area contributed by atoms with E-state index in [9.17, 15) is 8.78 Å². The molecule has 0 aliphatic heterocycles. The largest absolute Gasteiger partial charge is 0.324 e. The molecular formula is C14H11ClF2IN. The topological polar surface area (TPSA) is 26.0 Å². The van der Waals surface area contributed by atoms with Crippen molar-refractivity contribution >= 4 is 34.2 Å². The van der Waals surface area contributed by atoms with Gasteiger partial charge in [-0.15, -0.1) is 0 Å². The van der Waals surface area contributed by atoms with E-state index in [-0.39, 0.29) is 12.0 Å². The van der Waals surface area contributed by atoms with Gasteiger partial charge in [-0.05, 0) is 58.3 Å². The Morgan fingerprint density at radius 2 is 1.95 bits per heavy atom. The lowest BCUT2D eigenvalue weighted by molar-refractivity contribution is 0.494. The van der Waals surface area contributed by atoms with Crippen LogP contribution in [0.4, 0.5) is 8.78 Å². The second kappa shape index (κ2) is 6.15. The Morgan fingerprint density at radius 3 is 2.63 bits per heavy atom. The molecule has 5 heteroatoms. The number of hydrogen-bond acceptors (Lipinski definition) is 1. The quantitative estimate of drug-likeness (QED) is 0.765. The first-order valence-corrected chi connectivity index (χ1v) is 7.08. The maximum Gasteiger partial charge on any atom is 0.162 e. The summed E-state index contributed by atoms with van der Waals surface area (Å²) < 4.78 is 27.6. The van der Waals surface area contributed by atoms with E-state index in [1.807, 2.05) is 12.1 Å². The lowest BCUT2D eigenvalue weighted by atomic mass is 9.99. The Bertz CT molecular complexity index is 604. The fraction of sp³-hybridized carbons (Fsp3) is 0.143. The Morgan fingerprint density at radius 1 is 1.21 bits per heavy atom. The van der Waals surface area contributed by atoms with Crippen LogP contribution in [0.3, 0.4) is 0 Å². The van der Waals surface area contributed by atoms with Gasteiger partial charge in [0.15, 0.2) is 11.6 Å². The second-order valence-electron chi connectivity index (χ2n) is 4.20. The van der Waals surface area contributed by atoms with E-state index in [1.54, 1.807) is 6.07 Å². The zero-order chi connectivity index (χ0) is 14.0. The summed E-state index contributed by atoms with van der Waals surface area (Å²) in [5.74, 6) is -1.69. The van der Waals surface area contributed by atoms with E-state index in [0.29, 0.717) is 5.02 Å². The van der Waals surface area contributed by atoms with Gasteiger partial charge in [0.05, 0.1) is 5.02 Å².